The molecule has 7 heteroatoms. The molecule has 0 aromatic heterocycles. The van der Waals surface area contributed by atoms with Gasteiger partial charge in [-0.2, -0.15) is 0 Å². The highest BCUT2D eigenvalue weighted by Crippen LogP contribution is 2.39. The molecule has 1 aliphatic carbocycles. The molecular weight excluding hydrogens is 576 g/mol. The summed E-state index contributed by atoms with van der Waals surface area (Å²) in [5.74, 6) is 0.232. The molecule has 0 aliphatic heterocycles. The fourth-order valence-electron chi connectivity index (χ4n) is 6.25. The minimum absolute atomic E-state index is 0.114. The summed E-state index contributed by atoms with van der Waals surface area (Å²) in [6.45, 7) is 0.775. The number of rotatable bonds is 14. The predicted molar refractivity (Wildman–Crippen MR) is 180 cm³/mol. The summed E-state index contributed by atoms with van der Waals surface area (Å²) in [7, 11) is 1.35. The van der Waals surface area contributed by atoms with E-state index in [-0.39, 0.29) is 17.1 Å². The van der Waals surface area contributed by atoms with E-state index in [0.29, 0.717) is 42.1 Å². The molecule has 0 spiro atoms. The van der Waals surface area contributed by atoms with Crippen LogP contribution in [0.4, 0.5) is 5.69 Å². The molecular formula is C39H42N2O5. The molecule has 5 rings (SSSR count). The summed E-state index contributed by atoms with van der Waals surface area (Å²) < 4.78 is 11.0. The van der Waals surface area contributed by atoms with Crippen LogP contribution in [0.3, 0.4) is 0 Å². The lowest BCUT2D eigenvalue weighted by Crippen LogP contribution is -2.45. The lowest BCUT2D eigenvalue weighted by Gasteiger charge is -2.36. The number of nitrogens with one attached hydrogen (secondary N) is 2. The average molecular weight is 619 g/mol. The lowest BCUT2D eigenvalue weighted by molar-refractivity contribution is -0.141. The molecule has 4 aromatic carbocycles. The second-order valence-electron chi connectivity index (χ2n) is 11.9. The van der Waals surface area contributed by atoms with Gasteiger partial charge in [0, 0.05) is 23.2 Å². The van der Waals surface area contributed by atoms with Gasteiger partial charge < -0.3 is 20.1 Å². The number of benzene rings is 4. The van der Waals surface area contributed by atoms with Gasteiger partial charge in [0.05, 0.1) is 19.1 Å². The van der Waals surface area contributed by atoms with Crippen LogP contribution >= 0.6 is 0 Å². The van der Waals surface area contributed by atoms with E-state index < -0.39 is 12.0 Å². The van der Waals surface area contributed by atoms with Gasteiger partial charge in [-0.25, -0.2) is 4.79 Å². The normalized spacial score (nSPS) is 14.5. The number of esters is 1. The van der Waals surface area contributed by atoms with Crippen molar-refractivity contribution in [2.75, 3.05) is 25.6 Å². The Labute approximate surface area is 271 Å². The largest absolute Gasteiger partial charge is 0.492 e. The number of ether oxygens (including phenoxy) is 2. The van der Waals surface area contributed by atoms with Crippen molar-refractivity contribution in [3.05, 3.63) is 131 Å². The number of hydrogen-bond donors (Lipinski definition) is 2. The first-order valence-corrected chi connectivity index (χ1v) is 16.0. The molecule has 7 nitrogen and oxygen atoms in total. The van der Waals surface area contributed by atoms with E-state index in [1.807, 2.05) is 66.7 Å². The molecule has 238 valence electrons. The number of carbonyl (C=O) groups is 3. The van der Waals surface area contributed by atoms with Crippen molar-refractivity contribution >= 4 is 23.3 Å². The number of hydrogen-bond acceptors (Lipinski definition) is 6. The Morgan fingerprint density at radius 1 is 0.761 bits per heavy atom. The van der Waals surface area contributed by atoms with Crippen LogP contribution in [0.1, 0.15) is 59.2 Å². The van der Waals surface area contributed by atoms with Crippen molar-refractivity contribution in [3.63, 3.8) is 0 Å². The zero-order valence-electron chi connectivity index (χ0n) is 26.4. The van der Waals surface area contributed by atoms with E-state index >= 15 is 0 Å². The third-order valence-corrected chi connectivity index (χ3v) is 8.72. The Kier molecular flexibility index (Phi) is 11.2. The Bertz CT molecular complexity index is 1580. The SMILES string of the molecule is COC(=O)C(Cc1ccc(OCCNC(=O)C2(Cc3ccccc3)CCCCC2)cc1)Nc1ccccc1C(=O)c1ccccc1. The van der Waals surface area contributed by atoms with Gasteiger partial charge in [-0.1, -0.05) is 104 Å². The first-order valence-electron chi connectivity index (χ1n) is 16.0. The van der Waals surface area contributed by atoms with E-state index in [2.05, 4.69) is 22.8 Å². The second-order valence-corrected chi connectivity index (χ2v) is 11.9. The van der Waals surface area contributed by atoms with Crippen LogP contribution in [0, 0.1) is 5.41 Å². The minimum Gasteiger partial charge on any atom is -0.492 e. The summed E-state index contributed by atoms with van der Waals surface area (Å²) in [6, 6.07) is 33.3. The third kappa shape index (κ3) is 8.42. The molecule has 1 saturated carbocycles. The van der Waals surface area contributed by atoms with Crippen LogP contribution < -0.4 is 15.4 Å². The van der Waals surface area contributed by atoms with Crippen LogP contribution in [0.25, 0.3) is 0 Å². The van der Waals surface area contributed by atoms with E-state index in [4.69, 9.17) is 9.47 Å². The van der Waals surface area contributed by atoms with Gasteiger partial charge in [0.2, 0.25) is 5.91 Å². The molecule has 0 saturated heterocycles. The number of para-hydroxylation sites is 1. The molecule has 0 radical (unpaired) electrons. The van der Waals surface area contributed by atoms with Gasteiger partial charge in [-0.05, 0) is 54.7 Å². The van der Waals surface area contributed by atoms with Crippen molar-refractivity contribution in [3.8, 4) is 5.75 Å². The molecule has 0 bridgehead atoms. The maximum atomic E-state index is 13.4. The van der Waals surface area contributed by atoms with E-state index in [1.165, 1.54) is 19.1 Å². The van der Waals surface area contributed by atoms with Crippen molar-refractivity contribution in [2.45, 2.75) is 51.0 Å². The van der Waals surface area contributed by atoms with Gasteiger partial charge in [0.1, 0.15) is 18.4 Å². The summed E-state index contributed by atoms with van der Waals surface area (Å²) in [5, 5.41) is 6.38. The molecule has 1 fully saturated rings. The molecule has 0 heterocycles. The smallest absolute Gasteiger partial charge is 0.328 e. The second kappa shape index (κ2) is 15.9. The Morgan fingerprint density at radius 2 is 1.41 bits per heavy atom. The van der Waals surface area contributed by atoms with Gasteiger partial charge in [0.15, 0.2) is 5.78 Å². The van der Waals surface area contributed by atoms with Crippen LogP contribution in [0.15, 0.2) is 109 Å². The summed E-state index contributed by atoms with van der Waals surface area (Å²) in [6.07, 6.45) is 6.26. The monoisotopic (exact) mass is 618 g/mol. The molecule has 4 aromatic rings. The van der Waals surface area contributed by atoms with E-state index in [0.717, 1.165) is 37.7 Å². The molecule has 46 heavy (non-hydrogen) atoms. The fraction of sp³-hybridized carbons (Fsp3) is 0.308. The third-order valence-electron chi connectivity index (χ3n) is 8.72. The number of anilines is 1. The van der Waals surface area contributed by atoms with E-state index in [1.54, 1.807) is 30.3 Å². The van der Waals surface area contributed by atoms with Gasteiger partial charge in [0.25, 0.3) is 0 Å². The topological polar surface area (TPSA) is 93.7 Å². The highest BCUT2D eigenvalue weighted by Gasteiger charge is 2.39. The van der Waals surface area contributed by atoms with Crippen molar-refractivity contribution in [2.24, 2.45) is 5.41 Å². The summed E-state index contributed by atoms with van der Waals surface area (Å²) >= 11 is 0. The Morgan fingerprint density at radius 3 is 2.11 bits per heavy atom. The zero-order valence-corrected chi connectivity index (χ0v) is 26.4. The maximum Gasteiger partial charge on any atom is 0.328 e. The quantitative estimate of drug-likeness (QED) is 0.0917. The highest BCUT2D eigenvalue weighted by atomic mass is 16.5. The van der Waals surface area contributed by atoms with Crippen molar-refractivity contribution in [1.29, 1.82) is 0 Å². The van der Waals surface area contributed by atoms with Crippen LogP contribution in [0.5, 0.6) is 5.75 Å². The molecule has 1 atom stereocenters. The fourth-order valence-corrected chi connectivity index (χ4v) is 6.25. The van der Waals surface area contributed by atoms with Crippen molar-refractivity contribution in [1.82, 2.24) is 5.32 Å². The molecule has 1 amide bonds. The first-order chi connectivity index (χ1) is 22.5. The number of carbonyl (C=O) groups excluding carboxylic acids is 3. The minimum atomic E-state index is -0.709. The standard InChI is InChI=1S/C39H42N2O5/c1-45-37(43)35(41-34-18-10-9-17-33(34)36(42)31-15-7-3-8-16-31)27-29-19-21-32(22-20-29)46-26-25-40-38(44)39(23-11-4-12-24-39)28-30-13-5-2-6-14-30/h2-3,5-10,13-22,35,41H,4,11-12,23-28H2,1H3,(H,40,44). The van der Waals surface area contributed by atoms with Gasteiger partial charge in [-0.15, -0.1) is 0 Å². The van der Waals surface area contributed by atoms with E-state index in [9.17, 15) is 14.4 Å². The molecule has 1 aliphatic rings. The van der Waals surface area contributed by atoms with Crippen LogP contribution in [-0.4, -0.2) is 44.0 Å². The van der Waals surface area contributed by atoms with Crippen molar-refractivity contribution < 1.29 is 23.9 Å². The number of methoxy groups -OCH3 is 1. The first kappa shape index (κ1) is 32.5. The predicted octanol–water partition coefficient (Wildman–Crippen LogP) is 6.80. The Hall–Kier alpha value is -4.91. The van der Waals surface area contributed by atoms with Crippen LogP contribution in [-0.2, 0) is 27.2 Å². The molecule has 1 unspecified atom stereocenters. The Balaban J connectivity index is 1.16. The maximum absolute atomic E-state index is 13.4. The zero-order chi connectivity index (χ0) is 32.2. The number of ketones is 1. The lowest BCUT2D eigenvalue weighted by atomic mass is 9.69. The van der Waals surface area contributed by atoms with Gasteiger partial charge in [-0.3, -0.25) is 9.59 Å². The molecule has 2 N–H and O–H groups in total. The van der Waals surface area contributed by atoms with Gasteiger partial charge >= 0.3 is 5.97 Å². The summed E-state index contributed by atoms with van der Waals surface area (Å²) in [4.78, 5) is 39.4. The van der Waals surface area contributed by atoms with Crippen LogP contribution in [0.2, 0.25) is 0 Å². The average Bonchev–Trinajstić information content (AvgIpc) is 3.11. The highest BCUT2D eigenvalue weighted by molar-refractivity contribution is 6.12. The summed E-state index contributed by atoms with van der Waals surface area (Å²) in [5.41, 5.74) is 3.35. The number of amides is 1.